The summed E-state index contributed by atoms with van der Waals surface area (Å²) >= 11 is 0. The second kappa shape index (κ2) is 6.86. The van der Waals surface area contributed by atoms with Crippen LogP contribution in [0, 0.1) is 6.92 Å². The lowest BCUT2D eigenvalue weighted by Gasteiger charge is -2.04. The Morgan fingerprint density at radius 3 is 2.74 bits per heavy atom. The minimum Gasteiger partial charge on any atom is -0.497 e. The van der Waals surface area contributed by atoms with Crippen LogP contribution in [0.1, 0.15) is 5.69 Å². The normalized spacial score (nSPS) is 11.5. The number of hydrogen-bond donors (Lipinski definition) is 2. The summed E-state index contributed by atoms with van der Waals surface area (Å²) in [7, 11) is 1.62. The van der Waals surface area contributed by atoms with Crippen molar-refractivity contribution < 1.29 is 14.6 Å². The number of rotatable bonds is 6. The first-order valence-corrected chi connectivity index (χ1v) is 8.43. The third-order valence-electron chi connectivity index (χ3n) is 4.42. The van der Waals surface area contributed by atoms with Gasteiger partial charge in [0.1, 0.15) is 12.5 Å². The molecule has 3 heterocycles. The Hall–Kier alpha value is -3.17. The maximum Gasteiger partial charge on any atom is 0.287 e. The maximum atomic E-state index is 12.9. The van der Waals surface area contributed by atoms with Crippen LogP contribution in [0.2, 0.25) is 0 Å². The predicted molar refractivity (Wildman–Crippen MR) is 98.9 cm³/mol. The highest BCUT2D eigenvalue weighted by Gasteiger charge is 2.17. The van der Waals surface area contributed by atoms with Gasteiger partial charge in [-0.2, -0.15) is 4.98 Å². The quantitative estimate of drug-likeness (QED) is 0.497. The topological polar surface area (TPSA) is 107 Å². The molecular weight excluding hydrogens is 350 g/mol. The summed E-state index contributed by atoms with van der Waals surface area (Å²) in [5.41, 5.74) is 2.93. The molecule has 9 heteroatoms. The highest BCUT2D eigenvalue weighted by atomic mass is 16.5. The van der Waals surface area contributed by atoms with Crippen molar-refractivity contribution in [1.82, 2.24) is 23.9 Å². The maximum absolute atomic E-state index is 12.9. The van der Waals surface area contributed by atoms with Gasteiger partial charge >= 0.3 is 0 Å². The molecule has 4 rings (SSSR count). The molecule has 0 aliphatic rings. The third kappa shape index (κ3) is 2.86. The van der Waals surface area contributed by atoms with Gasteiger partial charge in [0.25, 0.3) is 5.56 Å². The van der Waals surface area contributed by atoms with Crippen LogP contribution in [-0.4, -0.2) is 49.3 Å². The van der Waals surface area contributed by atoms with E-state index in [2.05, 4.69) is 15.0 Å². The molecule has 4 aromatic rings. The van der Waals surface area contributed by atoms with Gasteiger partial charge in [0, 0.05) is 5.56 Å². The Kier molecular flexibility index (Phi) is 4.38. The molecule has 3 aromatic heterocycles. The molecule has 1 aromatic carbocycles. The molecule has 0 saturated carbocycles. The van der Waals surface area contributed by atoms with Crippen LogP contribution >= 0.6 is 0 Å². The van der Waals surface area contributed by atoms with Gasteiger partial charge in [0.15, 0.2) is 11.2 Å². The molecular formula is C18H19N5O4. The fraction of sp³-hybridized carbons (Fsp3) is 0.278. The molecule has 0 atom stereocenters. The SMILES string of the molecule is COc1ccc(-c2[nH]c3nc4c(ncn4COCCO)c(=O)n3c2C)cc1. The summed E-state index contributed by atoms with van der Waals surface area (Å²) in [6.07, 6.45) is 1.51. The molecule has 140 valence electrons. The van der Waals surface area contributed by atoms with Crippen molar-refractivity contribution in [3.8, 4) is 17.0 Å². The van der Waals surface area contributed by atoms with Crippen molar-refractivity contribution in [2.45, 2.75) is 13.7 Å². The molecule has 0 spiro atoms. The number of nitrogens with zero attached hydrogens (tertiary/aromatic N) is 4. The Balaban J connectivity index is 1.84. The summed E-state index contributed by atoms with van der Waals surface area (Å²) in [6.45, 7) is 2.14. The van der Waals surface area contributed by atoms with Crippen LogP contribution in [0.25, 0.3) is 28.2 Å². The number of aromatic amines is 1. The zero-order chi connectivity index (χ0) is 19.0. The van der Waals surface area contributed by atoms with E-state index in [-0.39, 0.29) is 31.0 Å². The number of aliphatic hydroxyl groups excluding tert-OH is 1. The van der Waals surface area contributed by atoms with Crippen molar-refractivity contribution in [3.05, 3.63) is 46.6 Å². The highest BCUT2D eigenvalue weighted by molar-refractivity contribution is 5.74. The van der Waals surface area contributed by atoms with Crippen molar-refractivity contribution in [1.29, 1.82) is 0 Å². The van der Waals surface area contributed by atoms with Gasteiger partial charge in [0.05, 0.1) is 38.0 Å². The number of hydrogen-bond acceptors (Lipinski definition) is 6. The molecule has 0 saturated heterocycles. The Labute approximate surface area is 153 Å². The largest absolute Gasteiger partial charge is 0.497 e. The number of H-pyrrole nitrogens is 1. The summed E-state index contributed by atoms with van der Waals surface area (Å²) in [5.74, 6) is 1.19. The van der Waals surface area contributed by atoms with Crippen LogP contribution < -0.4 is 10.3 Å². The first kappa shape index (κ1) is 17.3. The number of aryl methyl sites for hydroxylation is 1. The van der Waals surface area contributed by atoms with Crippen LogP contribution in [0.4, 0.5) is 0 Å². The molecule has 0 unspecified atom stereocenters. The Morgan fingerprint density at radius 1 is 1.26 bits per heavy atom. The minimum absolute atomic E-state index is 0.0754. The summed E-state index contributed by atoms with van der Waals surface area (Å²) < 4.78 is 13.7. The fourth-order valence-corrected chi connectivity index (χ4v) is 3.07. The van der Waals surface area contributed by atoms with E-state index in [1.807, 2.05) is 31.2 Å². The monoisotopic (exact) mass is 369 g/mol. The minimum atomic E-state index is -0.246. The fourth-order valence-electron chi connectivity index (χ4n) is 3.07. The average molecular weight is 369 g/mol. The van der Waals surface area contributed by atoms with Gasteiger partial charge in [-0.25, -0.2) is 9.38 Å². The van der Waals surface area contributed by atoms with E-state index >= 15 is 0 Å². The van der Waals surface area contributed by atoms with Crippen molar-refractivity contribution in [2.24, 2.45) is 0 Å². The molecule has 9 nitrogen and oxygen atoms in total. The van der Waals surface area contributed by atoms with Gasteiger partial charge in [-0.1, -0.05) is 0 Å². The first-order chi connectivity index (χ1) is 13.1. The van der Waals surface area contributed by atoms with E-state index in [0.717, 1.165) is 22.7 Å². The van der Waals surface area contributed by atoms with E-state index in [0.29, 0.717) is 11.4 Å². The smallest absolute Gasteiger partial charge is 0.287 e. The number of ether oxygens (including phenoxy) is 2. The third-order valence-corrected chi connectivity index (χ3v) is 4.42. The first-order valence-electron chi connectivity index (χ1n) is 8.43. The van der Waals surface area contributed by atoms with E-state index in [1.165, 1.54) is 10.7 Å². The van der Waals surface area contributed by atoms with E-state index in [9.17, 15) is 4.79 Å². The summed E-state index contributed by atoms with van der Waals surface area (Å²) in [6, 6.07) is 7.56. The van der Waals surface area contributed by atoms with Crippen LogP contribution in [0.3, 0.4) is 0 Å². The van der Waals surface area contributed by atoms with Gasteiger partial charge in [-0.3, -0.25) is 9.36 Å². The molecule has 0 fully saturated rings. The number of aliphatic hydroxyl groups is 1. The van der Waals surface area contributed by atoms with Crippen molar-refractivity contribution in [3.63, 3.8) is 0 Å². The molecule has 27 heavy (non-hydrogen) atoms. The van der Waals surface area contributed by atoms with E-state index in [4.69, 9.17) is 14.6 Å². The molecule has 0 radical (unpaired) electrons. The number of benzene rings is 1. The van der Waals surface area contributed by atoms with Crippen LogP contribution in [0.5, 0.6) is 5.75 Å². The highest BCUT2D eigenvalue weighted by Crippen LogP contribution is 2.25. The zero-order valence-electron chi connectivity index (χ0n) is 15.0. The second-order valence-corrected chi connectivity index (χ2v) is 6.04. The van der Waals surface area contributed by atoms with E-state index in [1.54, 1.807) is 11.7 Å². The summed E-state index contributed by atoms with van der Waals surface area (Å²) in [4.78, 5) is 24.9. The molecule has 2 N–H and O–H groups in total. The van der Waals surface area contributed by atoms with Gasteiger partial charge in [0.2, 0.25) is 5.78 Å². The number of methoxy groups -OCH3 is 1. The van der Waals surface area contributed by atoms with Crippen LogP contribution in [-0.2, 0) is 11.5 Å². The predicted octanol–water partition coefficient (Wildman–Crippen LogP) is 1.32. The van der Waals surface area contributed by atoms with Crippen molar-refractivity contribution >= 4 is 16.9 Å². The average Bonchev–Trinajstić information content (AvgIpc) is 3.24. The van der Waals surface area contributed by atoms with Crippen molar-refractivity contribution in [2.75, 3.05) is 20.3 Å². The zero-order valence-corrected chi connectivity index (χ0v) is 15.0. The van der Waals surface area contributed by atoms with Gasteiger partial charge in [-0.15, -0.1) is 0 Å². The second-order valence-electron chi connectivity index (χ2n) is 6.04. The number of nitrogens with one attached hydrogen (secondary N) is 1. The molecule has 0 bridgehead atoms. The van der Waals surface area contributed by atoms with Gasteiger partial charge < -0.3 is 19.6 Å². The molecule has 0 aliphatic heterocycles. The lowest BCUT2D eigenvalue weighted by Crippen LogP contribution is -2.16. The lowest BCUT2D eigenvalue weighted by atomic mass is 10.1. The van der Waals surface area contributed by atoms with Gasteiger partial charge in [-0.05, 0) is 31.2 Å². The lowest BCUT2D eigenvalue weighted by molar-refractivity contribution is 0.0499. The number of aromatic nitrogens is 5. The number of imidazole rings is 2. The molecule has 0 aliphatic carbocycles. The van der Waals surface area contributed by atoms with Crippen LogP contribution in [0.15, 0.2) is 35.4 Å². The molecule has 0 amide bonds. The Morgan fingerprint density at radius 2 is 2.04 bits per heavy atom. The Bertz CT molecular complexity index is 1160. The summed E-state index contributed by atoms with van der Waals surface area (Å²) in [5, 5.41) is 8.84. The van der Waals surface area contributed by atoms with E-state index < -0.39 is 0 Å². The number of fused-ring (bicyclic) bond motifs is 2. The standard InChI is InChI=1S/C18H19N5O4/c1-11-14(12-3-5-13(26-2)6-4-12)20-18-21-16-15(17(25)23(11)18)19-9-22(16)10-27-8-7-24/h3-6,9,24H,7-8,10H2,1-2H3,(H,20,21).